The highest BCUT2D eigenvalue weighted by atomic mass is 79.9. The minimum atomic E-state index is 0.589. The maximum atomic E-state index is 6.10. The Kier molecular flexibility index (Phi) is 4.37. The fourth-order valence-corrected chi connectivity index (χ4v) is 3.31. The van der Waals surface area contributed by atoms with Crippen molar-refractivity contribution in [3.8, 4) is 0 Å². The van der Waals surface area contributed by atoms with Crippen LogP contribution in [-0.4, -0.2) is 6.04 Å². The molecule has 0 bridgehead atoms. The average molecular weight is 317 g/mol. The van der Waals surface area contributed by atoms with Gasteiger partial charge < -0.3 is 5.32 Å². The van der Waals surface area contributed by atoms with E-state index < -0.39 is 0 Å². The van der Waals surface area contributed by atoms with E-state index in [9.17, 15) is 0 Å². The fourth-order valence-electron chi connectivity index (χ4n) is 2.89. The zero-order valence-corrected chi connectivity index (χ0v) is 12.7. The molecule has 2 atom stereocenters. The molecule has 17 heavy (non-hydrogen) atoms. The Morgan fingerprint density at radius 3 is 2.41 bits per heavy atom. The number of anilines is 1. The second-order valence-corrected chi connectivity index (χ2v) is 6.65. The molecule has 0 radical (unpaired) electrons. The van der Waals surface area contributed by atoms with Crippen LogP contribution in [0.1, 0.15) is 33.1 Å². The summed E-state index contributed by atoms with van der Waals surface area (Å²) in [5, 5.41) is 4.37. The molecule has 0 spiro atoms. The van der Waals surface area contributed by atoms with Gasteiger partial charge >= 0.3 is 0 Å². The SMILES string of the molecule is CC1CC(C)CC(Nc2ccc(Br)c(Cl)c2)C1. The smallest absolute Gasteiger partial charge is 0.0568 e. The summed E-state index contributed by atoms with van der Waals surface area (Å²) in [6.07, 6.45) is 3.88. The van der Waals surface area contributed by atoms with Crippen LogP contribution in [0.25, 0.3) is 0 Å². The van der Waals surface area contributed by atoms with Gasteiger partial charge in [0.1, 0.15) is 0 Å². The van der Waals surface area contributed by atoms with Gasteiger partial charge in [0.15, 0.2) is 0 Å². The first-order valence-electron chi connectivity index (χ1n) is 6.26. The van der Waals surface area contributed by atoms with Gasteiger partial charge in [-0.2, -0.15) is 0 Å². The number of hydrogen-bond acceptors (Lipinski definition) is 1. The molecular weight excluding hydrogens is 298 g/mol. The zero-order valence-electron chi connectivity index (χ0n) is 10.3. The van der Waals surface area contributed by atoms with Crippen LogP contribution in [0.3, 0.4) is 0 Å². The predicted octanol–water partition coefficient (Wildman–Crippen LogP) is 5.34. The molecule has 1 N–H and O–H groups in total. The van der Waals surface area contributed by atoms with Gasteiger partial charge in [0.2, 0.25) is 0 Å². The third-order valence-corrected chi connectivity index (χ3v) is 4.70. The minimum Gasteiger partial charge on any atom is -0.382 e. The summed E-state index contributed by atoms with van der Waals surface area (Å²) in [5.74, 6) is 1.64. The quantitative estimate of drug-likeness (QED) is 0.776. The van der Waals surface area contributed by atoms with Gasteiger partial charge in [-0.05, 0) is 65.2 Å². The number of benzene rings is 1. The maximum absolute atomic E-state index is 6.10. The first kappa shape index (κ1) is 13.2. The minimum absolute atomic E-state index is 0.589. The summed E-state index contributed by atoms with van der Waals surface area (Å²) >= 11 is 9.52. The largest absolute Gasteiger partial charge is 0.382 e. The Morgan fingerprint density at radius 1 is 1.18 bits per heavy atom. The van der Waals surface area contributed by atoms with E-state index in [0.29, 0.717) is 6.04 Å². The lowest BCUT2D eigenvalue weighted by Gasteiger charge is -2.32. The molecule has 1 saturated carbocycles. The van der Waals surface area contributed by atoms with Crippen molar-refractivity contribution in [3.63, 3.8) is 0 Å². The molecule has 0 heterocycles. The van der Waals surface area contributed by atoms with Gasteiger partial charge in [-0.25, -0.2) is 0 Å². The summed E-state index contributed by atoms with van der Waals surface area (Å²) in [7, 11) is 0. The van der Waals surface area contributed by atoms with Crippen molar-refractivity contribution in [3.05, 3.63) is 27.7 Å². The summed E-state index contributed by atoms with van der Waals surface area (Å²) < 4.78 is 0.954. The van der Waals surface area contributed by atoms with Crippen LogP contribution < -0.4 is 5.32 Å². The van der Waals surface area contributed by atoms with Crippen LogP contribution in [0.5, 0.6) is 0 Å². The summed E-state index contributed by atoms with van der Waals surface area (Å²) in [5.41, 5.74) is 1.13. The van der Waals surface area contributed by atoms with Crippen LogP contribution in [0.2, 0.25) is 5.02 Å². The maximum Gasteiger partial charge on any atom is 0.0568 e. The molecule has 1 aromatic rings. The molecule has 0 amide bonds. The average Bonchev–Trinajstić information content (AvgIpc) is 2.22. The molecule has 2 rings (SSSR count). The van der Waals surface area contributed by atoms with E-state index in [2.05, 4.69) is 41.2 Å². The molecule has 1 aliphatic rings. The Bertz CT molecular complexity index is 384. The van der Waals surface area contributed by atoms with E-state index in [0.717, 1.165) is 27.0 Å². The van der Waals surface area contributed by atoms with E-state index in [1.807, 2.05) is 12.1 Å². The molecule has 0 saturated heterocycles. The van der Waals surface area contributed by atoms with Crippen molar-refractivity contribution in [1.82, 2.24) is 0 Å². The standard InChI is InChI=1S/C14H19BrClN/c1-9-5-10(2)7-12(6-9)17-11-3-4-13(15)14(16)8-11/h3-4,8-10,12,17H,5-7H2,1-2H3. The number of nitrogens with one attached hydrogen (secondary N) is 1. The molecule has 2 unspecified atom stereocenters. The molecule has 0 aliphatic heterocycles. The normalized spacial score (nSPS) is 29.1. The molecule has 3 heteroatoms. The second kappa shape index (κ2) is 5.62. The Balaban J connectivity index is 2.02. The molecular formula is C14H19BrClN. The van der Waals surface area contributed by atoms with Crippen LogP contribution in [0.15, 0.2) is 22.7 Å². The fraction of sp³-hybridized carbons (Fsp3) is 0.571. The molecule has 1 aliphatic carbocycles. The van der Waals surface area contributed by atoms with Crippen LogP contribution in [0.4, 0.5) is 5.69 Å². The Labute approximate surface area is 117 Å². The van der Waals surface area contributed by atoms with Crippen LogP contribution in [-0.2, 0) is 0 Å². The highest BCUT2D eigenvalue weighted by molar-refractivity contribution is 9.10. The van der Waals surface area contributed by atoms with Crippen molar-refractivity contribution in [2.24, 2.45) is 11.8 Å². The topological polar surface area (TPSA) is 12.0 Å². The molecule has 0 aromatic heterocycles. The summed E-state index contributed by atoms with van der Waals surface area (Å²) in [6.45, 7) is 4.69. The van der Waals surface area contributed by atoms with E-state index in [4.69, 9.17) is 11.6 Å². The van der Waals surface area contributed by atoms with Gasteiger partial charge in [-0.3, -0.25) is 0 Å². The first-order chi connectivity index (χ1) is 8.04. The highest BCUT2D eigenvalue weighted by Gasteiger charge is 2.23. The van der Waals surface area contributed by atoms with Crippen LogP contribution in [0, 0.1) is 11.8 Å². The van der Waals surface area contributed by atoms with Gasteiger partial charge in [0.05, 0.1) is 5.02 Å². The summed E-state index contributed by atoms with van der Waals surface area (Å²) in [4.78, 5) is 0. The molecule has 1 nitrogen and oxygen atoms in total. The second-order valence-electron chi connectivity index (χ2n) is 5.39. The highest BCUT2D eigenvalue weighted by Crippen LogP contribution is 2.32. The number of halogens is 2. The lowest BCUT2D eigenvalue weighted by atomic mass is 9.80. The van der Waals surface area contributed by atoms with E-state index in [-0.39, 0.29) is 0 Å². The van der Waals surface area contributed by atoms with Gasteiger partial charge in [0.25, 0.3) is 0 Å². The lowest BCUT2D eigenvalue weighted by Crippen LogP contribution is -2.30. The molecule has 94 valence electrons. The van der Waals surface area contributed by atoms with E-state index in [1.54, 1.807) is 0 Å². The Hall–Kier alpha value is -0.210. The van der Waals surface area contributed by atoms with Crippen molar-refractivity contribution in [2.75, 3.05) is 5.32 Å². The van der Waals surface area contributed by atoms with Gasteiger partial charge in [-0.1, -0.05) is 25.4 Å². The van der Waals surface area contributed by atoms with Crippen molar-refractivity contribution < 1.29 is 0 Å². The number of rotatable bonds is 2. The Morgan fingerprint density at radius 2 is 1.82 bits per heavy atom. The lowest BCUT2D eigenvalue weighted by molar-refractivity contribution is 0.281. The zero-order chi connectivity index (χ0) is 12.4. The summed E-state index contributed by atoms with van der Waals surface area (Å²) in [6, 6.07) is 6.67. The van der Waals surface area contributed by atoms with E-state index in [1.165, 1.54) is 19.3 Å². The van der Waals surface area contributed by atoms with Gasteiger partial charge in [-0.15, -0.1) is 0 Å². The molecule has 1 fully saturated rings. The first-order valence-corrected chi connectivity index (χ1v) is 7.43. The van der Waals surface area contributed by atoms with Crippen molar-refractivity contribution in [2.45, 2.75) is 39.2 Å². The van der Waals surface area contributed by atoms with E-state index >= 15 is 0 Å². The third-order valence-electron chi connectivity index (χ3n) is 3.47. The van der Waals surface area contributed by atoms with Crippen LogP contribution >= 0.6 is 27.5 Å². The predicted molar refractivity (Wildman–Crippen MR) is 78.7 cm³/mol. The third kappa shape index (κ3) is 3.62. The van der Waals surface area contributed by atoms with Crippen molar-refractivity contribution >= 4 is 33.2 Å². The van der Waals surface area contributed by atoms with Gasteiger partial charge in [0, 0.05) is 16.2 Å². The monoisotopic (exact) mass is 315 g/mol. The molecule has 1 aromatic carbocycles. The number of hydrogen-bond donors (Lipinski definition) is 1. The van der Waals surface area contributed by atoms with Crippen molar-refractivity contribution in [1.29, 1.82) is 0 Å².